The molecule has 0 saturated heterocycles. The number of nitrogen functional groups attached to an aromatic ring is 1. The zero-order valence-corrected chi connectivity index (χ0v) is 14.1. The van der Waals surface area contributed by atoms with E-state index in [1.165, 1.54) is 0 Å². The van der Waals surface area contributed by atoms with Crippen molar-refractivity contribution in [1.29, 1.82) is 0 Å². The summed E-state index contributed by atoms with van der Waals surface area (Å²) in [7, 11) is 0. The Balaban J connectivity index is 2.11. The second-order valence-electron chi connectivity index (χ2n) is 5.79. The van der Waals surface area contributed by atoms with Crippen LogP contribution in [0, 0.1) is 5.92 Å². The Hall–Kier alpha value is -2.41. The lowest BCUT2D eigenvalue weighted by molar-refractivity contribution is 0.237. The van der Waals surface area contributed by atoms with E-state index in [0.29, 0.717) is 24.1 Å². The number of aromatic nitrogens is 3. The smallest absolute Gasteiger partial charge is 0.222 e. The van der Waals surface area contributed by atoms with Crippen LogP contribution in [0.4, 0.5) is 11.8 Å². The lowest BCUT2D eigenvalue weighted by atomic mass is 9.97. The van der Waals surface area contributed by atoms with E-state index >= 15 is 0 Å². The third-order valence-electron chi connectivity index (χ3n) is 3.84. The fourth-order valence-corrected chi connectivity index (χ4v) is 2.44. The molecule has 0 saturated carbocycles. The molecule has 4 N–H and O–H groups in total. The SMILES string of the molecule is CCCC(C)[C@@H](CO)Nc1nc(N)ncc1OCc1cccnc1. The standard InChI is InChI=1S/C17H25N5O2/c1-3-5-12(2)14(10-23)21-16-15(9-20-17(18)22-16)24-11-13-6-4-7-19-8-13/h4,6-9,12,14,23H,3,5,10-11H2,1-2H3,(H3,18,20,21,22)/t12?,14-/m1/s1. The number of nitrogens with two attached hydrogens (primary N) is 1. The molecule has 2 aromatic heterocycles. The second-order valence-corrected chi connectivity index (χ2v) is 5.79. The van der Waals surface area contributed by atoms with E-state index in [1.807, 2.05) is 12.1 Å². The van der Waals surface area contributed by atoms with Gasteiger partial charge in [-0.05, 0) is 18.4 Å². The van der Waals surface area contributed by atoms with Crippen molar-refractivity contribution in [1.82, 2.24) is 15.0 Å². The van der Waals surface area contributed by atoms with Crippen LogP contribution >= 0.6 is 0 Å². The highest BCUT2D eigenvalue weighted by atomic mass is 16.5. The number of nitrogens with one attached hydrogen (secondary N) is 1. The lowest BCUT2D eigenvalue weighted by Crippen LogP contribution is -2.31. The van der Waals surface area contributed by atoms with E-state index in [9.17, 15) is 5.11 Å². The maximum Gasteiger partial charge on any atom is 0.222 e. The fraction of sp³-hybridized carbons (Fsp3) is 0.471. The van der Waals surface area contributed by atoms with Gasteiger partial charge < -0.3 is 20.9 Å². The summed E-state index contributed by atoms with van der Waals surface area (Å²) >= 11 is 0. The topological polar surface area (TPSA) is 106 Å². The number of anilines is 2. The van der Waals surface area contributed by atoms with Crippen LogP contribution in [0.5, 0.6) is 5.75 Å². The van der Waals surface area contributed by atoms with Gasteiger partial charge in [-0.3, -0.25) is 4.98 Å². The van der Waals surface area contributed by atoms with Gasteiger partial charge >= 0.3 is 0 Å². The number of rotatable bonds is 9. The lowest BCUT2D eigenvalue weighted by Gasteiger charge is -2.24. The predicted octanol–water partition coefficient (Wildman–Crippen LogP) is 2.24. The van der Waals surface area contributed by atoms with Crippen LogP contribution in [-0.2, 0) is 6.61 Å². The first-order chi connectivity index (χ1) is 11.6. The minimum Gasteiger partial charge on any atom is -0.483 e. The number of aliphatic hydroxyl groups is 1. The summed E-state index contributed by atoms with van der Waals surface area (Å²) in [5.41, 5.74) is 6.64. The van der Waals surface area contributed by atoms with Crippen molar-refractivity contribution < 1.29 is 9.84 Å². The highest BCUT2D eigenvalue weighted by Gasteiger charge is 2.19. The molecule has 0 spiro atoms. The molecular weight excluding hydrogens is 306 g/mol. The van der Waals surface area contributed by atoms with Crippen molar-refractivity contribution in [3.8, 4) is 5.75 Å². The van der Waals surface area contributed by atoms with Gasteiger partial charge in [-0.1, -0.05) is 26.3 Å². The summed E-state index contributed by atoms with van der Waals surface area (Å²) < 4.78 is 5.80. The molecule has 0 aliphatic carbocycles. The van der Waals surface area contributed by atoms with Crippen LogP contribution in [0.1, 0.15) is 32.3 Å². The number of hydrogen-bond donors (Lipinski definition) is 3. The first-order valence-corrected chi connectivity index (χ1v) is 8.15. The first-order valence-electron chi connectivity index (χ1n) is 8.15. The normalized spacial score (nSPS) is 13.3. The van der Waals surface area contributed by atoms with E-state index in [0.717, 1.165) is 18.4 Å². The van der Waals surface area contributed by atoms with Gasteiger partial charge in [0, 0.05) is 18.0 Å². The third kappa shape index (κ3) is 5.06. The van der Waals surface area contributed by atoms with Crippen LogP contribution in [0.15, 0.2) is 30.7 Å². The summed E-state index contributed by atoms with van der Waals surface area (Å²) in [4.78, 5) is 12.3. The van der Waals surface area contributed by atoms with Gasteiger partial charge in [-0.15, -0.1) is 0 Å². The molecule has 2 aromatic rings. The van der Waals surface area contributed by atoms with Crippen LogP contribution in [0.3, 0.4) is 0 Å². The average Bonchev–Trinajstić information content (AvgIpc) is 2.60. The summed E-state index contributed by atoms with van der Waals surface area (Å²) in [5, 5.41) is 12.9. The minimum atomic E-state index is -0.125. The van der Waals surface area contributed by atoms with E-state index in [1.54, 1.807) is 18.6 Å². The van der Waals surface area contributed by atoms with Gasteiger partial charge in [0.05, 0.1) is 18.8 Å². The van der Waals surface area contributed by atoms with Gasteiger partial charge in [-0.2, -0.15) is 4.98 Å². The molecule has 24 heavy (non-hydrogen) atoms. The fourth-order valence-electron chi connectivity index (χ4n) is 2.44. The Kier molecular flexibility index (Phi) is 6.74. The minimum absolute atomic E-state index is 0.00706. The molecule has 7 nitrogen and oxygen atoms in total. The molecular formula is C17H25N5O2. The number of aliphatic hydroxyl groups excluding tert-OH is 1. The molecule has 0 aliphatic heterocycles. The van der Waals surface area contributed by atoms with Gasteiger partial charge in [0.15, 0.2) is 11.6 Å². The van der Waals surface area contributed by atoms with Crippen molar-refractivity contribution in [3.63, 3.8) is 0 Å². The Morgan fingerprint density at radius 1 is 1.38 bits per heavy atom. The Labute approximate surface area is 142 Å². The highest BCUT2D eigenvalue weighted by Crippen LogP contribution is 2.25. The average molecular weight is 331 g/mol. The number of pyridine rings is 1. The monoisotopic (exact) mass is 331 g/mol. The predicted molar refractivity (Wildman–Crippen MR) is 93.6 cm³/mol. The van der Waals surface area contributed by atoms with Gasteiger partial charge in [0.25, 0.3) is 0 Å². The Morgan fingerprint density at radius 3 is 2.88 bits per heavy atom. The summed E-state index contributed by atoms with van der Waals surface area (Å²) in [5.74, 6) is 1.44. The van der Waals surface area contributed by atoms with Crippen molar-refractivity contribution >= 4 is 11.8 Å². The van der Waals surface area contributed by atoms with Crippen molar-refractivity contribution in [2.45, 2.75) is 39.3 Å². The number of ether oxygens (including phenoxy) is 1. The van der Waals surface area contributed by atoms with E-state index in [2.05, 4.69) is 34.1 Å². The molecule has 2 heterocycles. The largest absolute Gasteiger partial charge is 0.483 e. The summed E-state index contributed by atoms with van der Waals surface area (Å²) in [6.45, 7) is 4.57. The Bertz CT molecular complexity index is 624. The molecule has 2 rings (SSSR count). The van der Waals surface area contributed by atoms with E-state index in [-0.39, 0.29) is 18.6 Å². The highest BCUT2D eigenvalue weighted by molar-refractivity contribution is 5.52. The zero-order valence-electron chi connectivity index (χ0n) is 14.1. The first kappa shape index (κ1) is 17.9. The third-order valence-corrected chi connectivity index (χ3v) is 3.84. The molecule has 0 fully saturated rings. The van der Waals surface area contributed by atoms with Gasteiger partial charge in [0.1, 0.15) is 6.61 Å². The molecule has 0 bridgehead atoms. The molecule has 0 amide bonds. The number of nitrogens with zero attached hydrogens (tertiary/aromatic N) is 3. The second kappa shape index (κ2) is 9.02. The molecule has 1 unspecified atom stereocenters. The van der Waals surface area contributed by atoms with Gasteiger partial charge in [-0.25, -0.2) is 4.98 Å². The maximum absolute atomic E-state index is 9.67. The van der Waals surface area contributed by atoms with Crippen LogP contribution < -0.4 is 15.8 Å². The molecule has 130 valence electrons. The van der Waals surface area contributed by atoms with E-state index < -0.39 is 0 Å². The zero-order chi connectivity index (χ0) is 17.4. The van der Waals surface area contributed by atoms with Crippen molar-refractivity contribution in [2.75, 3.05) is 17.7 Å². The van der Waals surface area contributed by atoms with E-state index in [4.69, 9.17) is 10.5 Å². The molecule has 2 atom stereocenters. The maximum atomic E-state index is 9.67. The van der Waals surface area contributed by atoms with Gasteiger partial charge in [0.2, 0.25) is 5.95 Å². The molecule has 0 radical (unpaired) electrons. The summed E-state index contributed by atoms with van der Waals surface area (Å²) in [6, 6.07) is 3.66. The molecule has 0 aromatic carbocycles. The summed E-state index contributed by atoms with van der Waals surface area (Å²) in [6.07, 6.45) is 7.05. The Morgan fingerprint density at radius 2 is 2.21 bits per heavy atom. The van der Waals surface area contributed by atoms with Crippen LogP contribution in [0.2, 0.25) is 0 Å². The molecule has 7 heteroatoms. The van der Waals surface area contributed by atoms with Crippen LogP contribution in [-0.4, -0.2) is 32.7 Å². The van der Waals surface area contributed by atoms with Crippen molar-refractivity contribution in [2.24, 2.45) is 5.92 Å². The molecule has 0 aliphatic rings. The van der Waals surface area contributed by atoms with Crippen molar-refractivity contribution in [3.05, 3.63) is 36.3 Å². The quantitative estimate of drug-likeness (QED) is 0.647. The van der Waals surface area contributed by atoms with Crippen LogP contribution in [0.25, 0.3) is 0 Å². The number of hydrogen-bond acceptors (Lipinski definition) is 7.